The van der Waals surface area contributed by atoms with Gasteiger partial charge >= 0.3 is 0 Å². The first-order valence-corrected chi connectivity index (χ1v) is 4.40. The quantitative estimate of drug-likeness (QED) is 0.779. The Balaban J connectivity index is 2.95. The Bertz CT molecular complexity index is 328. The molecular formula is C10H11F4N. The predicted molar refractivity (Wildman–Crippen MR) is 48.8 cm³/mol. The molecule has 0 aromatic heterocycles. The molecule has 0 radical (unpaired) electrons. The Morgan fingerprint density at radius 3 is 2.07 bits per heavy atom. The van der Waals surface area contributed by atoms with Gasteiger partial charge < -0.3 is 5.73 Å². The smallest absolute Gasteiger partial charge is 0.253 e. The van der Waals surface area contributed by atoms with Crippen molar-refractivity contribution >= 4 is 0 Å². The standard InChI is InChI=1S/C10H11F4N/c1-5-2-7(11)6(8(12)3-5)4-9(15)10(13)14/h2-3,9-10H,4,15H2,1H3. The first-order chi connectivity index (χ1) is 6.91. The van der Waals surface area contributed by atoms with Gasteiger partial charge in [0.2, 0.25) is 0 Å². The normalized spacial score (nSPS) is 13.3. The third-order valence-electron chi connectivity index (χ3n) is 2.05. The molecule has 1 aromatic rings. The second-order valence-corrected chi connectivity index (χ2v) is 3.41. The fourth-order valence-corrected chi connectivity index (χ4v) is 1.25. The highest BCUT2D eigenvalue weighted by Gasteiger charge is 2.20. The van der Waals surface area contributed by atoms with Crippen molar-refractivity contribution in [3.05, 3.63) is 34.9 Å². The van der Waals surface area contributed by atoms with Crippen LogP contribution in [0.5, 0.6) is 0 Å². The molecule has 0 bridgehead atoms. The summed E-state index contributed by atoms with van der Waals surface area (Å²) in [6, 6.07) is 0.643. The van der Waals surface area contributed by atoms with Crippen molar-refractivity contribution in [2.75, 3.05) is 0 Å². The molecule has 1 nitrogen and oxygen atoms in total. The van der Waals surface area contributed by atoms with Gasteiger partial charge in [-0.2, -0.15) is 0 Å². The van der Waals surface area contributed by atoms with Gasteiger partial charge in [-0.3, -0.25) is 0 Å². The van der Waals surface area contributed by atoms with Crippen LogP contribution >= 0.6 is 0 Å². The van der Waals surface area contributed by atoms with Crippen LogP contribution in [0.4, 0.5) is 17.6 Å². The number of alkyl halides is 2. The SMILES string of the molecule is Cc1cc(F)c(CC(N)C(F)F)c(F)c1. The molecule has 1 unspecified atom stereocenters. The number of benzene rings is 1. The third kappa shape index (κ3) is 2.92. The number of rotatable bonds is 3. The molecule has 0 heterocycles. The van der Waals surface area contributed by atoms with Gasteiger partial charge in [-0.15, -0.1) is 0 Å². The summed E-state index contributed by atoms with van der Waals surface area (Å²) >= 11 is 0. The lowest BCUT2D eigenvalue weighted by molar-refractivity contribution is 0.115. The molecular weight excluding hydrogens is 210 g/mol. The van der Waals surface area contributed by atoms with E-state index in [1.54, 1.807) is 0 Å². The Hall–Kier alpha value is -1.10. The van der Waals surface area contributed by atoms with Crippen LogP contribution in [-0.2, 0) is 6.42 Å². The molecule has 0 aliphatic rings. The van der Waals surface area contributed by atoms with Crippen LogP contribution in [0.3, 0.4) is 0 Å². The highest BCUT2D eigenvalue weighted by molar-refractivity contribution is 5.26. The lowest BCUT2D eigenvalue weighted by Gasteiger charge is -2.12. The van der Waals surface area contributed by atoms with Crippen molar-refractivity contribution in [2.45, 2.75) is 25.8 Å². The van der Waals surface area contributed by atoms with Gasteiger partial charge in [0.05, 0.1) is 6.04 Å². The monoisotopic (exact) mass is 221 g/mol. The van der Waals surface area contributed by atoms with E-state index in [0.29, 0.717) is 5.56 Å². The zero-order chi connectivity index (χ0) is 11.6. The van der Waals surface area contributed by atoms with Crippen molar-refractivity contribution in [1.29, 1.82) is 0 Å². The summed E-state index contributed by atoms with van der Waals surface area (Å²) in [5.74, 6) is -1.66. The topological polar surface area (TPSA) is 26.0 Å². The maximum Gasteiger partial charge on any atom is 0.253 e. The summed E-state index contributed by atoms with van der Waals surface area (Å²) in [6.07, 6.45) is -3.29. The molecule has 1 rings (SSSR count). The van der Waals surface area contributed by atoms with Gasteiger partial charge in [-0.25, -0.2) is 17.6 Å². The summed E-state index contributed by atoms with van der Waals surface area (Å²) in [5, 5.41) is 0. The summed E-state index contributed by atoms with van der Waals surface area (Å²) in [6.45, 7) is 1.52. The van der Waals surface area contributed by atoms with E-state index in [4.69, 9.17) is 5.73 Å². The van der Waals surface area contributed by atoms with Crippen molar-refractivity contribution in [3.8, 4) is 0 Å². The molecule has 0 aliphatic heterocycles. The first-order valence-electron chi connectivity index (χ1n) is 4.40. The van der Waals surface area contributed by atoms with Gasteiger partial charge in [0, 0.05) is 5.56 Å². The van der Waals surface area contributed by atoms with E-state index in [9.17, 15) is 17.6 Å². The van der Waals surface area contributed by atoms with Crippen LogP contribution in [0.15, 0.2) is 12.1 Å². The van der Waals surface area contributed by atoms with Crippen LogP contribution in [0.2, 0.25) is 0 Å². The van der Waals surface area contributed by atoms with Gasteiger partial charge in [0.1, 0.15) is 11.6 Å². The van der Waals surface area contributed by atoms with E-state index in [2.05, 4.69) is 0 Å². The molecule has 0 amide bonds. The number of aryl methyl sites for hydroxylation is 1. The minimum Gasteiger partial charge on any atom is -0.323 e. The fourth-order valence-electron chi connectivity index (χ4n) is 1.25. The van der Waals surface area contributed by atoms with Crippen molar-refractivity contribution in [2.24, 2.45) is 5.73 Å². The maximum absolute atomic E-state index is 13.2. The average Bonchev–Trinajstić information content (AvgIpc) is 2.10. The number of hydrogen-bond donors (Lipinski definition) is 1. The minimum absolute atomic E-state index is 0.381. The Morgan fingerprint density at radius 1 is 1.20 bits per heavy atom. The van der Waals surface area contributed by atoms with Gasteiger partial charge in [0.15, 0.2) is 0 Å². The van der Waals surface area contributed by atoms with E-state index in [0.717, 1.165) is 12.1 Å². The van der Waals surface area contributed by atoms with Crippen LogP contribution in [-0.4, -0.2) is 12.5 Å². The molecule has 0 aliphatic carbocycles. The molecule has 0 saturated carbocycles. The molecule has 0 fully saturated rings. The maximum atomic E-state index is 13.2. The Morgan fingerprint density at radius 2 is 1.67 bits per heavy atom. The van der Waals surface area contributed by atoms with Crippen molar-refractivity contribution in [1.82, 2.24) is 0 Å². The van der Waals surface area contributed by atoms with Crippen molar-refractivity contribution in [3.63, 3.8) is 0 Å². The highest BCUT2D eigenvalue weighted by atomic mass is 19.3. The second kappa shape index (κ2) is 4.61. The van der Waals surface area contributed by atoms with E-state index < -0.39 is 30.5 Å². The van der Waals surface area contributed by atoms with E-state index in [-0.39, 0.29) is 5.56 Å². The van der Waals surface area contributed by atoms with Gasteiger partial charge in [-0.05, 0) is 31.0 Å². The number of nitrogens with two attached hydrogens (primary N) is 1. The van der Waals surface area contributed by atoms with Crippen LogP contribution in [0.25, 0.3) is 0 Å². The predicted octanol–water partition coefficient (Wildman–Crippen LogP) is 2.41. The van der Waals surface area contributed by atoms with Crippen LogP contribution < -0.4 is 5.73 Å². The van der Waals surface area contributed by atoms with Gasteiger partial charge in [0.25, 0.3) is 6.43 Å². The average molecular weight is 221 g/mol. The fraction of sp³-hybridized carbons (Fsp3) is 0.400. The summed E-state index contributed by atoms with van der Waals surface area (Å²) in [5.41, 5.74) is 5.06. The van der Waals surface area contributed by atoms with Crippen molar-refractivity contribution < 1.29 is 17.6 Å². The first kappa shape index (κ1) is 12.0. The third-order valence-corrected chi connectivity index (χ3v) is 2.05. The lowest BCUT2D eigenvalue weighted by Crippen LogP contribution is -2.31. The highest BCUT2D eigenvalue weighted by Crippen LogP contribution is 2.17. The zero-order valence-electron chi connectivity index (χ0n) is 8.11. The van der Waals surface area contributed by atoms with Crippen LogP contribution in [0, 0.1) is 18.6 Å². The van der Waals surface area contributed by atoms with Gasteiger partial charge in [-0.1, -0.05) is 0 Å². The molecule has 5 heteroatoms. The molecule has 15 heavy (non-hydrogen) atoms. The summed E-state index contributed by atoms with van der Waals surface area (Å²) < 4.78 is 50.6. The molecule has 0 spiro atoms. The Labute approximate surface area is 84.9 Å². The zero-order valence-corrected chi connectivity index (χ0v) is 8.11. The molecule has 2 N–H and O–H groups in total. The largest absolute Gasteiger partial charge is 0.323 e. The summed E-state index contributed by atoms with van der Waals surface area (Å²) in [7, 11) is 0. The van der Waals surface area contributed by atoms with E-state index in [1.165, 1.54) is 6.92 Å². The molecule has 1 aromatic carbocycles. The van der Waals surface area contributed by atoms with E-state index >= 15 is 0 Å². The molecule has 1 atom stereocenters. The minimum atomic E-state index is -2.79. The number of halogens is 4. The van der Waals surface area contributed by atoms with Crippen LogP contribution in [0.1, 0.15) is 11.1 Å². The molecule has 0 saturated heterocycles. The summed E-state index contributed by atoms with van der Waals surface area (Å²) in [4.78, 5) is 0. The number of hydrogen-bond acceptors (Lipinski definition) is 1. The lowest BCUT2D eigenvalue weighted by atomic mass is 10.0. The Kier molecular flexibility index (Phi) is 3.68. The molecule has 84 valence electrons. The van der Waals surface area contributed by atoms with E-state index in [1.807, 2.05) is 0 Å². The second-order valence-electron chi connectivity index (χ2n) is 3.41.